The lowest BCUT2D eigenvalue weighted by Gasteiger charge is -2.15. The molecule has 6 nitrogen and oxygen atoms in total. The first-order valence-electron chi connectivity index (χ1n) is 6.05. The van der Waals surface area contributed by atoms with Gasteiger partial charge in [0, 0.05) is 13.1 Å². The Morgan fingerprint density at radius 3 is 2.33 bits per heavy atom. The van der Waals surface area contributed by atoms with Crippen molar-refractivity contribution < 1.29 is 8.42 Å². The van der Waals surface area contributed by atoms with Gasteiger partial charge in [0.25, 0.3) is 0 Å². The van der Waals surface area contributed by atoms with Crippen molar-refractivity contribution in [3.05, 3.63) is 12.4 Å². The topological polar surface area (TPSA) is 84.0 Å². The maximum absolute atomic E-state index is 12.1. The molecule has 0 saturated carbocycles. The van der Waals surface area contributed by atoms with Crippen LogP contribution in [-0.4, -0.2) is 31.5 Å². The first-order chi connectivity index (χ1) is 8.53. The van der Waals surface area contributed by atoms with Gasteiger partial charge in [0.1, 0.15) is 4.90 Å². The van der Waals surface area contributed by atoms with Gasteiger partial charge < -0.3 is 5.32 Å². The first kappa shape index (κ1) is 14.8. The van der Waals surface area contributed by atoms with Gasteiger partial charge in [-0.05, 0) is 12.8 Å². The van der Waals surface area contributed by atoms with E-state index in [4.69, 9.17) is 0 Å². The van der Waals surface area contributed by atoms with Gasteiger partial charge in [0.15, 0.2) is 0 Å². The number of sulfonamides is 1. The molecule has 0 aliphatic rings. The van der Waals surface area contributed by atoms with Crippen LogP contribution in [0.3, 0.4) is 0 Å². The van der Waals surface area contributed by atoms with E-state index < -0.39 is 10.0 Å². The van der Waals surface area contributed by atoms with E-state index in [1.807, 2.05) is 13.8 Å². The highest BCUT2D eigenvalue weighted by Gasteiger charge is 2.19. The smallest absolute Gasteiger partial charge is 0.243 e. The monoisotopic (exact) mass is 272 g/mol. The van der Waals surface area contributed by atoms with Crippen molar-refractivity contribution in [2.45, 2.75) is 44.0 Å². The SMILES string of the molecule is CCCC(CC)NS(=O)(=O)c1cnc(NC)nc1. The Bertz CT molecular complexity index is 458. The number of nitrogens with one attached hydrogen (secondary N) is 2. The fraction of sp³-hybridized carbons (Fsp3) is 0.636. The second-order valence-corrected chi connectivity index (χ2v) is 5.72. The highest BCUT2D eigenvalue weighted by Crippen LogP contribution is 2.10. The second kappa shape index (κ2) is 6.65. The van der Waals surface area contributed by atoms with Gasteiger partial charge in [-0.2, -0.15) is 0 Å². The van der Waals surface area contributed by atoms with E-state index in [9.17, 15) is 8.42 Å². The maximum Gasteiger partial charge on any atom is 0.243 e. The molecule has 0 aliphatic heterocycles. The molecule has 0 radical (unpaired) electrons. The second-order valence-electron chi connectivity index (χ2n) is 4.01. The van der Waals surface area contributed by atoms with Crippen LogP contribution in [0.15, 0.2) is 17.3 Å². The summed E-state index contributed by atoms with van der Waals surface area (Å²) in [5, 5.41) is 2.74. The molecule has 2 N–H and O–H groups in total. The number of hydrogen-bond acceptors (Lipinski definition) is 5. The summed E-state index contributed by atoms with van der Waals surface area (Å²) in [7, 11) is -1.84. The van der Waals surface area contributed by atoms with Crippen molar-refractivity contribution >= 4 is 16.0 Å². The number of anilines is 1. The fourth-order valence-electron chi connectivity index (χ4n) is 1.57. The molecule has 0 amide bonds. The van der Waals surface area contributed by atoms with Crippen LogP contribution in [0.4, 0.5) is 5.95 Å². The summed E-state index contributed by atoms with van der Waals surface area (Å²) in [6.07, 6.45) is 5.14. The molecule has 1 heterocycles. The van der Waals surface area contributed by atoms with E-state index in [0.717, 1.165) is 19.3 Å². The summed E-state index contributed by atoms with van der Waals surface area (Å²) in [5.41, 5.74) is 0. The molecule has 1 atom stereocenters. The summed E-state index contributed by atoms with van der Waals surface area (Å²) in [6, 6.07) is -0.0380. The third-order valence-electron chi connectivity index (χ3n) is 2.61. The van der Waals surface area contributed by atoms with E-state index in [-0.39, 0.29) is 10.9 Å². The standard InChI is InChI=1S/C11H20N4O2S/c1-4-6-9(5-2)15-18(16,17)10-7-13-11(12-3)14-8-10/h7-9,15H,4-6H2,1-3H3,(H,12,13,14). The largest absolute Gasteiger partial charge is 0.357 e. The molecular weight excluding hydrogens is 252 g/mol. The van der Waals surface area contributed by atoms with Crippen molar-refractivity contribution in [3.8, 4) is 0 Å². The van der Waals surface area contributed by atoms with Crippen LogP contribution < -0.4 is 10.0 Å². The summed E-state index contributed by atoms with van der Waals surface area (Å²) in [5.74, 6) is 0.398. The van der Waals surface area contributed by atoms with Crippen LogP contribution in [0.1, 0.15) is 33.1 Å². The minimum absolute atomic E-state index is 0.0380. The van der Waals surface area contributed by atoms with E-state index in [1.165, 1.54) is 12.4 Å². The van der Waals surface area contributed by atoms with Crippen molar-refractivity contribution in [2.24, 2.45) is 0 Å². The Morgan fingerprint density at radius 1 is 1.28 bits per heavy atom. The molecule has 0 fully saturated rings. The number of rotatable bonds is 7. The normalized spacial score (nSPS) is 13.3. The van der Waals surface area contributed by atoms with Gasteiger partial charge in [0.2, 0.25) is 16.0 Å². The Balaban J connectivity index is 2.84. The predicted molar refractivity (Wildman–Crippen MR) is 70.9 cm³/mol. The number of nitrogens with zero attached hydrogens (tertiary/aromatic N) is 2. The quantitative estimate of drug-likeness (QED) is 0.783. The highest BCUT2D eigenvalue weighted by molar-refractivity contribution is 7.89. The van der Waals surface area contributed by atoms with Crippen molar-refractivity contribution in [3.63, 3.8) is 0 Å². The average Bonchev–Trinajstić information content (AvgIpc) is 2.38. The van der Waals surface area contributed by atoms with Crippen LogP contribution in [0.2, 0.25) is 0 Å². The van der Waals surface area contributed by atoms with Crippen LogP contribution in [0.5, 0.6) is 0 Å². The van der Waals surface area contributed by atoms with Crippen LogP contribution in [0.25, 0.3) is 0 Å². The summed E-state index contributed by atoms with van der Waals surface area (Å²) >= 11 is 0. The van der Waals surface area contributed by atoms with Crippen molar-refractivity contribution in [1.29, 1.82) is 0 Å². The van der Waals surface area contributed by atoms with Crippen LogP contribution in [0, 0.1) is 0 Å². The lowest BCUT2D eigenvalue weighted by Crippen LogP contribution is -2.34. The van der Waals surface area contributed by atoms with Gasteiger partial charge in [-0.3, -0.25) is 0 Å². The predicted octanol–water partition coefficient (Wildman–Crippen LogP) is 1.38. The van der Waals surface area contributed by atoms with Gasteiger partial charge in [0.05, 0.1) is 12.4 Å². The summed E-state index contributed by atoms with van der Waals surface area (Å²) in [4.78, 5) is 7.90. The molecule has 0 aromatic carbocycles. The molecule has 18 heavy (non-hydrogen) atoms. The highest BCUT2D eigenvalue weighted by atomic mass is 32.2. The van der Waals surface area contributed by atoms with E-state index in [0.29, 0.717) is 5.95 Å². The Labute approximate surface area is 108 Å². The molecule has 0 aliphatic carbocycles. The Kier molecular flexibility index (Phi) is 5.49. The van der Waals surface area contributed by atoms with Gasteiger partial charge in [-0.1, -0.05) is 20.3 Å². The summed E-state index contributed by atoms with van der Waals surface area (Å²) < 4.78 is 26.8. The Morgan fingerprint density at radius 2 is 1.89 bits per heavy atom. The molecule has 1 aromatic rings. The van der Waals surface area contributed by atoms with Crippen LogP contribution >= 0.6 is 0 Å². The third-order valence-corrected chi connectivity index (χ3v) is 4.09. The van der Waals surface area contributed by atoms with E-state index in [2.05, 4.69) is 20.0 Å². The molecule has 102 valence electrons. The van der Waals surface area contributed by atoms with Crippen LogP contribution in [-0.2, 0) is 10.0 Å². The molecule has 0 saturated heterocycles. The third kappa shape index (κ3) is 3.92. The lowest BCUT2D eigenvalue weighted by atomic mass is 10.1. The molecule has 1 aromatic heterocycles. The maximum atomic E-state index is 12.1. The van der Waals surface area contributed by atoms with Gasteiger partial charge in [-0.15, -0.1) is 0 Å². The number of aromatic nitrogens is 2. The molecule has 1 unspecified atom stereocenters. The van der Waals surface area contributed by atoms with Crippen molar-refractivity contribution in [2.75, 3.05) is 12.4 Å². The molecular formula is C11H20N4O2S. The molecule has 1 rings (SSSR count). The lowest BCUT2D eigenvalue weighted by molar-refractivity contribution is 0.512. The average molecular weight is 272 g/mol. The summed E-state index contributed by atoms with van der Waals surface area (Å²) in [6.45, 7) is 3.99. The van der Waals surface area contributed by atoms with E-state index in [1.54, 1.807) is 7.05 Å². The zero-order chi connectivity index (χ0) is 13.6. The van der Waals surface area contributed by atoms with Gasteiger partial charge >= 0.3 is 0 Å². The van der Waals surface area contributed by atoms with Crippen molar-refractivity contribution in [1.82, 2.24) is 14.7 Å². The molecule has 0 bridgehead atoms. The molecule has 7 heteroatoms. The zero-order valence-electron chi connectivity index (χ0n) is 11.0. The fourth-order valence-corrected chi connectivity index (χ4v) is 2.81. The number of hydrogen-bond donors (Lipinski definition) is 2. The Hall–Kier alpha value is -1.21. The molecule has 0 spiro atoms. The first-order valence-corrected chi connectivity index (χ1v) is 7.54. The minimum atomic E-state index is -3.52. The van der Waals surface area contributed by atoms with Gasteiger partial charge in [-0.25, -0.2) is 23.1 Å². The minimum Gasteiger partial charge on any atom is -0.357 e. The van der Waals surface area contributed by atoms with E-state index >= 15 is 0 Å². The zero-order valence-corrected chi connectivity index (χ0v) is 11.8.